The van der Waals surface area contributed by atoms with Crippen molar-refractivity contribution < 1.29 is 4.79 Å². The first-order valence-electron chi connectivity index (χ1n) is 4.76. The highest BCUT2D eigenvalue weighted by Gasteiger charge is 2.24. The van der Waals surface area contributed by atoms with Crippen LogP contribution in [0.25, 0.3) is 0 Å². The summed E-state index contributed by atoms with van der Waals surface area (Å²) >= 11 is 0. The van der Waals surface area contributed by atoms with Crippen molar-refractivity contribution in [1.82, 2.24) is 0 Å². The number of rotatable bonds is 2. The van der Waals surface area contributed by atoms with Gasteiger partial charge in [0.25, 0.3) is 0 Å². The average molecular weight is 182 g/mol. The minimum atomic E-state index is -0.0949. The predicted octanol–water partition coefficient (Wildman–Crippen LogP) is 3.59. The fourth-order valence-corrected chi connectivity index (χ4v) is 1.01. The molecule has 0 atom stereocenters. The van der Waals surface area contributed by atoms with Gasteiger partial charge in [-0.25, -0.2) is 0 Å². The number of carbonyl (C=O) groups is 1. The summed E-state index contributed by atoms with van der Waals surface area (Å²) in [4.78, 5) is 11.7. The number of allylic oxidation sites excluding steroid dienone is 1. The van der Waals surface area contributed by atoms with Crippen LogP contribution in [0.4, 0.5) is 0 Å². The van der Waals surface area contributed by atoms with Gasteiger partial charge in [-0.15, -0.1) is 0 Å². The van der Waals surface area contributed by atoms with Crippen molar-refractivity contribution in [3.05, 3.63) is 12.2 Å². The van der Waals surface area contributed by atoms with Gasteiger partial charge in [0.05, 0.1) is 0 Å². The smallest absolute Gasteiger partial charge is 0.159 e. The maximum absolute atomic E-state index is 11.7. The van der Waals surface area contributed by atoms with Gasteiger partial charge in [-0.3, -0.25) is 4.79 Å². The summed E-state index contributed by atoms with van der Waals surface area (Å²) in [6.45, 7) is 16.1. The van der Waals surface area contributed by atoms with E-state index < -0.39 is 0 Å². The summed E-state index contributed by atoms with van der Waals surface area (Å²) in [6.07, 6.45) is 0.586. The van der Waals surface area contributed by atoms with E-state index in [2.05, 4.69) is 27.4 Å². The van der Waals surface area contributed by atoms with Crippen LogP contribution in [0, 0.1) is 10.8 Å². The van der Waals surface area contributed by atoms with Gasteiger partial charge in [0.1, 0.15) is 0 Å². The molecule has 0 aromatic rings. The Balaban J connectivity index is 4.40. The van der Waals surface area contributed by atoms with Gasteiger partial charge >= 0.3 is 0 Å². The summed E-state index contributed by atoms with van der Waals surface area (Å²) in [5, 5.41) is 0. The van der Waals surface area contributed by atoms with Crippen LogP contribution in [-0.2, 0) is 4.79 Å². The Bertz CT molecular complexity index is 210. The molecular formula is C12H22O. The monoisotopic (exact) mass is 182 g/mol. The summed E-state index contributed by atoms with van der Waals surface area (Å²) < 4.78 is 0. The van der Waals surface area contributed by atoms with Crippen molar-refractivity contribution in [2.75, 3.05) is 0 Å². The van der Waals surface area contributed by atoms with Crippen LogP contribution in [-0.4, -0.2) is 5.78 Å². The summed E-state index contributed by atoms with van der Waals surface area (Å²) in [6, 6.07) is 0. The van der Waals surface area contributed by atoms with E-state index in [1.165, 1.54) is 0 Å². The molecule has 0 aromatic heterocycles. The van der Waals surface area contributed by atoms with Crippen LogP contribution < -0.4 is 0 Å². The number of ketones is 1. The van der Waals surface area contributed by atoms with Crippen LogP contribution in [0.2, 0.25) is 0 Å². The van der Waals surface area contributed by atoms with Crippen LogP contribution in [0.5, 0.6) is 0 Å². The Kier molecular flexibility index (Phi) is 3.48. The molecule has 0 aliphatic carbocycles. The molecule has 0 heterocycles. The fraction of sp³-hybridized carbons (Fsp3) is 0.750. The molecule has 0 spiro atoms. The highest BCUT2D eigenvalue weighted by molar-refractivity contribution is 5.96. The SMILES string of the molecule is C=C(C(=O)CC(C)(C)C)C(C)(C)C. The predicted molar refractivity (Wildman–Crippen MR) is 57.7 cm³/mol. The molecule has 0 unspecified atom stereocenters. The van der Waals surface area contributed by atoms with Crippen molar-refractivity contribution in [2.45, 2.75) is 48.0 Å². The van der Waals surface area contributed by atoms with Gasteiger partial charge in [0, 0.05) is 6.42 Å². The lowest BCUT2D eigenvalue weighted by Gasteiger charge is -2.24. The van der Waals surface area contributed by atoms with Crippen LogP contribution in [0.1, 0.15) is 48.0 Å². The van der Waals surface area contributed by atoms with Crippen molar-refractivity contribution in [1.29, 1.82) is 0 Å². The summed E-state index contributed by atoms with van der Waals surface area (Å²) in [5.41, 5.74) is 0.704. The van der Waals surface area contributed by atoms with Crippen molar-refractivity contribution >= 4 is 5.78 Å². The third kappa shape index (κ3) is 4.87. The van der Waals surface area contributed by atoms with Crippen LogP contribution in [0.15, 0.2) is 12.2 Å². The molecule has 0 radical (unpaired) electrons. The van der Waals surface area contributed by atoms with E-state index in [1.54, 1.807) is 0 Å². The second-order valence-corrected chi connectivity index (χ2v) is 5.89. The van der Waals surface area contributed by atoms with Crippen LogP contribution >= 0.6 is 0 Å². The number of hydrogen-bond acceptors (Lipinski definition) is 1. The lowest BCUT2D eigenvalue weighted by Crippen LogP contribution is -2.21. The molecule has 0 saturated carbocycles. The quantitative estimate of drug-likeness (QED) is 0.596. The van der Waals surface area contributed by atoms with E-state index in [-0.39, 0.29) is 16.6 Å². The largest absolute Gasteiger partial charge is 0.295 e. The van der Waals surface area contributed by atoms with E-state index in [9.17, 15) is 4.79 Å². The normalized spacial score (nSPS) is 12.8. The highest BCUT2D eigenvalue weighted by atomic mass is 16.1. The Morgan fingerprint density at radius 1 is 1.08 bits per heavy atom. The third-order valence-corrected chi connectivity index (χ3v) is 1.93. The van der Waals surface area contributed by atoms with Gasteiger partial charge in [-0.05, 0) is 16.4 Å². The second kappa shape index (κ2) is 3.65. The maximum Gasteiger partial charge on any atom is 0.159 e. The zero-order chi connectivity index (χ0) is 10.9. The first kappa shape index (κ1) is 12.4. The molecule has 0 bridgehead atoms. The molecule has 0 aromatic carbocycles. The lowest BCUT2D eigenvalue weighted by molar-refractivity contribution is -0.118. The number of carbonyl (C=O) groups excluding carboxylic acids is 1. The second-order valence-electron chi connectivity index (χ2n) is 5.89. The third-order valence-electron chi connectivity index (χ3n) is 1.93. The van der Waals surface area contributed by atoms with E-state index >= 15 is 0 Å². The van der Waals surface area contributed by atoms with Crippen molar-refractivity contribution in [3.63, 3.8) is 0 Å². The van der Waals surface area contributed by atoms with E-state index in [0.717, 1.165) is 5.57 Å². The topological polar surface area (TPSA) is 17.1 Å². The Hall–Kier alpha value is -0.590. The van der Waals surface area contributed by atoms with Crippen molar-refractivity contribution in [3.8, 4) is 0 Å². The van der Waals surface area contributed by atoms with E-state index in [1.807, 2.05) is 20.8 Å². The fourth-order valence-electron chi connectivity index (χ4n) is 1.01. The lowest BCUT2D eigenvalue weighted by atomic mass is 9.79. The molecule has 1 nitrogen and oxygen atoms in total. The maximum atomic E-state index is 11.7. The first-order chi connectivity index (χ1) is 5.54. The molecule has 0 amide bonds. The van der Waals surface area contributed by atoms with Gasteiger partial charge in [0.2, 0.25) is 0 Å². The Morgan fingerprint density at radius 3 is 1.69 bits per heavy atom. The van der Waals surface area contributed by atoms with Gasteiger partial charge in [0.15, 0.2) is 5.78 Å². The summed E-state index contributed by atoms with van der Waals surface area (Å²) in [7, 11) is 0. The highest BCUT2D eigenvalue weighted by Crippen LogP contribution is 2.29. The molecule has 13 heavy (non-hydrogen) atoms. The minimum Gasteiger partial charge on any atom is -0.295 e. The van der Waals surface area contributed by atoms with Gasteiger partial charge in [-0.2, -0.15) is 0 Å². The number of hydrogen-bond donors (Lipinski definition) is 0. The molecule has 0 fully saturated rings. The van der Waals surface area contributed by atoms with E-state index in [4.69, 9.17) is 0 Å². The molecule has 76 valence electrons. The Labute approximate surface area is 82.2 Å². The summed E-state index contributed by atoms with van der Waals surface area (Å²) in [5.74, 6) is 0.194. The molecule has 0 aliphatic rings. The molecule has 0 rings (SSSR count). The van der Waals surface area contributed by atoms with E-state index in [0.29, 0.717) is 6.42 Å². The molecular weight excluding hydrogens is 160 g/mol. The zero-order valence-electron chi connectivity index (χ0n) is 9.82. The molecule has 0 N–H and O–H groups in total. The first-order valence-corrected chi connectivity index (χ1v) is 4.76. The Morgan fingerprint density at radius 2 is 1.46 bits per heavy atom. The average Bonchev–Trinajstić information content (AvgIpc) is 1.79. The van der Waals surface area contributed by atoms with Gasteiger partial charge < -0.3 is 0 Å². The standard InChI is InChI=1S/C12H22O/c1-9(12(5,6)7)10(13)8-11(2,3)4/h1,8H2,2-7H3. The van der Waals surface area contributed by atoms with Crippen molar-refractivity contribution in [2.24, 2.45) is 10.8 Å². The van der Waals surface area contributed by atoms with Crippen LogP contribution in [0.3, 0.4) is 0 Å². The minimum absolute atomic E-state index is 0.0608. The van der Waals surface area contributed by atoms with Gasteiger partial charge in [-0.1, -0.05) is 48.1 Å². The molecule has 1 heteroatoms. The number of Topliss-reactive ketones (excluding diaryl/α,β-unsaturated/α-hetero) is 1. The molecule has 0 saturated heterocycles. The molecule has 0 aliphatic heterocycles. The zero-order valence-corrected chi connectivity index (χ0v) is 9.82.